The number of benzene rings is 2. The maximum absolute atomic E-state index is 13.4. The van der Waals surface area contributed by atoms with Crippen LogP contribution >= 0.6 is 0 Å². The van der Waals surface area contributed by atoms with Gasteiger partial charge in [-0.05, 0) is 35.9 Å². The lowest BCUT2D eigenvalue weighted by molar-refractivity contribution is 0.355. The third-order valence-corrected chi connectivity index (χ3v) is 4.37. The molecule has 25 heavy (non-hydrogen) atoms. The monoisotopic (exact) mass is 338 g/mol. The lowest BCUT2D eigenvalue weighted by Crippen LogP contribution is -1.98. The fraction of sp³-hybridized carbons (Fsp3) is 0.158. The van der Waals surface area contributed by atoms with E-state index in [0.717, 1.165) is 22.4 Å². The topological polar surface area (TPSA) is 48.3 Å². The molecule has 1 heterocycles. The quantitative estimate of drug-likeness (QED) is 0.611. The van der Waals surface area contributed by atoms with Gasteiger partial charge in [-0.3, -0.25) is 4.68 Å². The summed E-state index contributed by atoms with van der Waals surface area (Å²) in [6, 6.07) is 10.2. The number of methoxy groups -OCH3 is 2. The SMILES string of the molecule is [CH2]n1nc(Nc2cccc(F)c2)c2c1-c1cc(OC)c(OC)cc1C2. The van der Waals surface area contributed by atoms with Crippen LogP contribution in [0.25, 0.3) is 11.3 Å². The second-order valence-electron chi connectivity index (χ2n) is 5.85. The number of anilines is 2. The van der Waals surface area contributed by atoms with Crippen LogP contribution in [0.5, 0.6) is 11.5 Å². The summed E-state index contributed by atoms with van der Waals surface area (Å²) in [6.45, 7) is 0. The zero-order valence-electron chi connectivity index (χ0n) is 14.0. The van der Waals surface area contributed by atoms with E-state index >= 15 is 0 Å². The summed E-state index contributed by atoms with van der Waals surface area (Å²) in [6.07, 6.45) is 0.693. The van der Waals surface area contributed by atoms with Gasteiger partial charge in [0.15, 0.2) is 17.3 Å². The molecule has 1 aliphatic rings. The van der Waals surface area contributed by atoms with E-state index < -0.39 is 0 Å². The number of hydrogen-bond acceptors (Lipinski definition) is 4. The first kappa shape index (κ1) is 15.5. The maximum Gasteiger partial charge on any atom is 0.161 e. The molecule has 5 nitrogen and oxygen atoms in total. The van der Waals surface area contributed by atoms with Crippen LogP contribution in [0, 0.1) is 12.9 Å². The van der Waals surface area contributed by atoms with Crippen molar-refractivity contribution in [3.8, 4) is 22.8 Å². The lowest BCUT2D eigenvalue weighted by Gasteiger charge is -2.11. The van der Waals surface area contributed by atoms with Gasteiger partial charge in [-0.1, -0.05) is 6.07 Å². The van der Waals surface area contributed by atoms with Crippen molar-refractivity contribution in [3.63, 3.8) is 0 Å². The van der Waals surface area contributed by atoms with E-state index in [0.29, 0.717) is 29.4 Å². The number of ether oxygens (including phenoxy) is 2. The van der Waals surface area contributed by atoms with Gasteiger partial charge in [0, 0.05) is 23.2 Å². The molecule has 0 bridgehead atoms. The van der Waals surface area contributed by atoms with Crippen molar-refractivity contribution in [2.45, 2.75) is 6.42 Å². The number of nitrogens with one attached hydrogen (secondary N) is 1. The normalized spacial score (nSPS) is 11.8. The third-order valence-electron chi connectivity index (χ3n) is 4.37. The highest BCUT2D eigenvalue weighted by molar-refractivity contribution is 5.82. The summed E-state index contributed by atoms with van der Waals surface area (Å²) in [5.41, 5.74) is 4.72. The summed E-state index contributed by atoms with van der Waals surface area (Å²) < 4.78 is 25.8. The number of halogens is 1. The van der Waals surface area contributed by atoms with Crippen molar-refractivity contribution < 1.29 is 13.9 Å². The van der Waals surface area contributed by atoms with E-state index in [1.165, 1.54) is 12.1 Å². The van der Waals surface area contributed by atoms with Crippen molar-refractivity contribution in [1.82, 2.24) is 9.78 Å². The lowest BCUT2D eigenvalue weighted by atomic mass is 10.1. The number of hydrogen-bond donors (Lipinski definition) is 1. The fourth-order valence-electron chi connectivity index (χ4n) is 3.25. The molecule has 1 N–H and O–H groups in total. The summed E-state index contributed by atoms with van der Waals surface area (Å²) in [5, 5.41) is 7.64. The van der Waals surface area contributed by atoms with Gasteiger partial charge < -0.3 is 14.8 Å². The van der Waals surface area contributed by atoms with Crippen LogP contribution in [-0.2, 0) is 6.42 Å². The van der Waals surface area contributed by atoms with Gasteiger partial charge in [0.25, 0.3) is 0 Å². The molecule has 2 aromatic carbocycles. The summed E-state index contributed by atoms with van der Waals surface area (Å²) in [5.74, 6) is 1.72. The van der Waals surface area contributed by atoms with Crippen LogP contribution in [0.1, 0.15) is 11.1 Å². The Morgan fingerprint density at radius 1 is 1.16 bits per heavy atom. The Bertz CT molecular complexity index is 966. The fourth-order valence-corrected chi connectivity index (χ4v) is 3.25. The smallest absolute Gasteiger partial charge is 0.161 e. The Morgan fingerprint density at radius 3 is 2.64 bits per heavy atom. The summed E-state index contributed by atoms with van der Waals surface area (Å²) >= 11 is 0. The van der Waals surface area contributed by atoms with Crippen molar-refractivity contribution in [2.24, 2.45) is 0 Å². The van der Waals surface area contributed by atoms with Crippen LogP contribution in [0.4, 0.5) is 15.9 Å². The van der Waals surface area contributed by atoms with Crippen LogP contribution in [0.2, 0.25) is 0 Å². The Hall–Kier alpha value is -3.02. The minimum atomic E-state index is -0.298. The van der Waals surface area contributed by atoms with E-state index in [1.807, 2.05) is 12.1 Å². The summed E-state index contributed by atoms with van der Waals surface area (Å²) in [7, 11) is 7.22. The minimum absolute atomic E-state index is 0.298. The van der Waals surface area contributed by atoms with Crippen molar-refractivity contribution in [2.75, 3.05) is 19.5 Å². The van der Waals surface area contributed by atoms with E-state index in [2.05, 4.69) is 17.5 Å². The first-order valence-electron chi connectivity index (χ1n) is 7.81. The highest BCUT2D eigenvalue weighted by Crippen LogP contribution is 2.45. The molecule has 0 aliphatic heterocycles. The molecule has 0 amide bonds. The van der Waals surface area contributed by atoms with Crippen LogP contribution in [0.3, 0.4) is 0 Å². The van der Waals surface area contributed by atoms with E-state index in [4.69, 9.17) is 9.47 Å². The molecule has 1 aliphatic carbocycles. The molecule has 6 heteroatoms. The zero-order chi connectivity index (χ0) is 17.6. The first-order chi connectivity index (χ1) is 12.1. The molecule has 1 radical (unpaired) electrons. The average molecular weight is 338 g/mol. The Labute approximate surface area is 145 Å². The predicted molar refractivity (Wildman–Crippen MR) is 94.0 cm³/mol. The third kappa shape index (κ3) is 2.50. The molecule has 0 spiro atoms. The molecule has 3 aromatic rings. The maximum atomic E-state index is 13.4. The van der Waals surface area contributed by atoms with Gasteiger partial charge in [-0.15, -0.1) is 0 Å². The molecule has 1 aromatic heterocycles. The molecule has 4 rings (SSSR count). The number of aromatic nitrogens is 2. The van der Waals surface area contributed by atoms with Gasteiger partial charge in [-0.25, -0.2) is 4.39 Å². The highest BCUT2D eigenvalue weighted by Gasteiger charge is 2.28. The number of rotatable bonds is 4. The van der Waals surface area contributed by atoms with E-state index in [-0.39, 0.29) is 5.82 Å². The van der Waals surface area contributed by atoms with Crippen molar-refractivity contribution in [1.29, 1.82) is 0 Å². The molecule has 0 saturated carbocycles. The second-order valence-corrected chi connectivity index (χ2v) is 5.85. The van der Waals surface area contributed by atoms with Gasteiger partial charge >= 0.3 is 0 Å². The zero-order valence-corrected chi connectivity index (χ0v) is 14.0. The molecule has 0 saturated heterocycles. The molecule has 0 fully saturated rings. The van der Waals surface area contributed by atoms with Gasteiger partial charge in [0.05, 0.1) is 27.0 Å². The minimum Gasteiger partial charge on any atom is -0.493 e. The van der Waals surface area contributed by atoms with E-state index in [1.54, 1.807) is 31.0 Å². The average Bonchev–Trinajstić information content (AvgIpc) is 3.11. The first-order valence-corrected chi connectivity index (χ1v) is 7.81. The van der Waals surface area contributed by atoms with Gasteiger partial charge in [0.2, 0.25) is 0 Å². The van der Waals surface area contributed by atoms with Crippen molar-refractivity contribution >= 4 is 11.5 Å². The van der Waals surface area contributed by atoms with E-state index in [9.17, 15) is 4.39 Å². The standard InChI is InChI=1S/C19H17FN3O2/c1-23-18-14-10-17(25-3)16(24-2)8-11(14)7-15(18)19(22-23)21-13-6-4-5-12(20)9-13/h4-6,8-10H,1,7H2,2-3H3,(H,21,22). The van der Waals surface area contributed by atoms with Crippen molar-refractivity contribution in [3.05, 3.63) is 60.4 Å². The number of nitrogens with zero attached hydrogens (tertiary/aromatic N) is 2. The predicted octanol–water partition coefficient (Wildman–Crippen LogP) is 3.99. The van der Waals surface area contributed by atoms with Gasteiger partial charge in [0.1, 0.15) is 5.82 Å². The Kier molecular flexibility index (Phi) is 3.60. The van der Waals surface area contributed by atoms with Crippen LogP contribution in [0.15, 0.2) is 36.4 Å². The molecule has 0 atom stereocenters. The second kappa shape index (κ2) is 5.81. The highest BCUT2D eigenvalue weighted by atomic mass is 19.1. The van der Waals surface area contributed by atoms with Crippen LogP contribution in [-0.4, -0.2) is 24.0 Å². The number of fused-ring (bicyclic) bond motifs is 3. The molecule has 0 unspecified atom stereocenters. The Balaban J connectivity index is 1.77. The Morgan fingerprint density at radius 2 is 1.92 bits per heavy atom. The molecule has 127 valence electrons. The molecular formula is C19H17FN3O2. The molecular weight excluding hydrogens is 321 g/mol. The van der Waals surface area contributed by atoms with Gasteiger partial charge in [-0.2, -0.15) is 5.10 Å². The van der Waals surface area contributed by atoms with Crippen LogP contribution < -0.4 is 14.8 Å². The summed E-state index contributed by atoms with van der Waals surface area (Å²) in [4.78, 5) is 0. The largest absolute Gasteiger partial charge is 0.493 e.